The lowest BCUT2D eigenvalue weighted by atomic mass is 9.97. The topological polar surface area (TPSA) is 139 Å². The lowest BCUT2D eigenvalue weighted by Crippen LogP contribution is -2.40. The van der Waals surface area contributed by atoms with Gasteiger partial charge in [0.05, 0.1) is 12.2 Å². The maximum atomic E-state index is 13.4. The summed E-state index contributed by atoms with van der Waals surface area (Å²) in [4.78, 5) is 37.3. The maximum absolute atomic E-state index is 13.4. The van der Waals surface area contributed by atoms with E-state index in [-0.39, 0.29) is 46.7 Å². The predicted octanol–water partition coefficient (Wildman–Crippen LogP) is 2.39. The molecule has 0 radical (unpaired) electrons. The quantitative estimate of drug-likeness (QED) is 0.197. The van der Waals surface area contributed by atoms with Crippen molar-refractivity contribution in [3.63, 3.8) is 0 Å². The van der Waals surface area contributed by atoms with Gasteiger partial charge in [-0.1, -0.05) is 13.5 Å². The molecule has 2 aromatic rings. The van der Waals surface area contributed by atoms with E-state index in [4.69, 9.17) is 9.83 Å². The molecule has 1 unspecified atom stereocenters. The second-order valence-electron chi connectivity index (χ2n) is 9.20. The number of hydrogen-bond donors (Lipinski definition) is 4. The second kappa shape index (κ2) is 11.9. The SMILES string of the molecule is C=CC(F)(F)CNc1cc(-c2nc(C(=O)N/C(=C/NC)C(=N)N3CC(CN(C)C)[C@H](C)C3=O)co2)ccn1. The monoisotopic (exact) mass is 530 g/mol. The molecule has 2 amide bonds. The van der Waals surface area contributed by atoms with Crippen LogP contribution in [0, 0.1) is 17.2 Å². The number of carbonyl (C=O) groups is 2. The lowest BCUT2D eigenvalue weighted by Gasteiger charge is -2.21. The molecule has 11 nitrogen and oxygen atoms in total. The number of pyridine rings is 1. The maximum Gasteiger partial charge on any atom is 0.283 e. The first kappa shape index (κ1) is 28.4. The molecule has 0 saturated carbocycles. The highest BCUT2D eigenvalue weighted by Gasteiger charge is 2.40. The average Bonchev–Trinajstić information content (AvgIpc) is 3.48. The molecule has 0 aromatic carbocycles. The van der Waals surface area contributed by atoms with Crippen LogP contribution in [0.5, 0.6) is 0 Å². The van der Waals surface area contributed by atoms with Crippen LogP contribution in [0.15, 0.2) is 53.6 Å². The molecule has 38 heavy (non-hydrogen) atoms. The molecule has 13 heteroatoms. The summed E-state index contributed by atoms with van der Waals surface area (Å²) in [7, 11) is 5.46. The number of rotatable bonds is 11. The third-order valence-electron chi connectivity index (χ3n) is 5.99. The summed E-state index contributed by atoms with van der Waals surface area (Å²) in [5.41, 5.74) is 0.420. The Kier molecular flexibility index (Phi) is 8.94. The van der Waals surface area contributed by atoms with Crippen LogP contribution in [0.4, 0.5) is 14.6 Å². The Morgan fingerprint density at radius 3 is 2.82 bits per heavy atom. The molecular weight excluding hydrogens is 498 g/mol. The summed E-state index contributed by atoms with van der Waals surface area (Å²) in [5, 5.41) is 16.5. The van der Waals surface area contributed by atoms with E-state index in [1.807, 2.05) is 25.9 Å². The van der Waals surface area contributed by atoms with Crippen molar-refractivity contribution in [3.05, 3.63) is 54.8 Å². The fraction of sp³-hybridized carbons (Fsp3) is 0.400. The molecular formula is C25H32F2N8O3. The number of likely N-dealkylation sites (tertiary alicyclic amines) is 1. The number of hydrogen-bond acceptors (Lipinski definition) is 9. The Morgan fingerprint density at radius 1 is 1.42 bits per heavy atom. The Hall–Kier alpha value is -4.13. The molecule has 204 valence electrons. The average molecular weight is 531 g/mol. The van der Waals surface area contributed by atoms with E-state index in [9.17, 15) is 18.4 Å². The summed E-state index contributed by atoms with van der Waals surface area (Å²) in [5.74, 6) is -4.07. The largest absolute Gasteiger partial charge is 0.444 e. The van der Waals surface area contributed by atoms with Crippen molar-refractivity contribution < 1.29 is 22.8 Å². The molecule has 3 rings (SSSR count). The van der Waals surface area contributed by atoms with Gasteiger partial charge in [-0.15, -0.1) is 0 Å². The van der Waals surface area contributed by atoms with E-state index in [1.54, 1.807) is 13.1 Å². The normalized spacial score (nSPS) is 18.0. The van der Waals surface area contributed by atoms with Crippen LogP contribution >= 0.6 is 0 Å². The number of amidine groups is 1. The zero-order valence-corrected chi connectivity index (χ0v) is 21.7. The number of nitrogens with zero attached hydrogens (tertiary/aromatic N) is 4. The van der Waals surface area contributed by atoms with Crippen LogP contribution in [0.3, 0.4) is 0 Å². The molecule has 0 aliphatic carbocycles. The van der Waals surface area contributed by atoms with Crippen molar-refractivity contribution in [3.8, 4) is 11.5 Å². The molecule has 3 heterocycles. The first-order valence-corrected chi connectivity index (χ1v) is 11.9. The highest BCUT2D eigenvalue weighted by atomic mass is 19.3. The molecule has 1 aliphatic heterocycles. The van der Waals surface area contributed by atoms with E-state index in [0.717, 1.165) is 6.26 Å². The van der Waals surface area contributed by atoms with Gasteiger partial charge in [-0.2, -0.15) is 0 Å². The number of nitrogens with one attached hydrogen (secondary N) is 4. The lowest BCUT2D eigenvalue weighted by molar-refractivity contribution is -0.127. The molecule has 1 fully saturated rings. The van der Waals surface area contributed by atoms with Crippen LogP contribution in [0.25, 0.3) is 11.5 Å². The molecule has 2 atom stereocenters. The fourth-order valence-corrected chi connectivity index (χ4v) is 3.91. The van der Waals surface area contributed by atoms with Crippen molar-refractivity contribution in [2.75, 3.05) is 46.1 Å². The molecule has 1 saturated heterocycles. The van der Waals surface area contributed by atoms with Crippen LogP contribution in [-0.4, -0.2) is 84.1 Å². The van der Waals surface area contributed by atoms with Gasteiger partial charge >= 0.3 is 0 Å². The fourth-order valence-electron chi connectivity index (χ4n) is 3.91. The molecule has 4 N–H and O–H groups in total. The summed E-state index contributed by atoms with van der Waals surface area (Å²) in [6, 6.07) is 3.01. The smallest absolute Gasteiger partial charge is 0.283 e. The third kappa shape index (κ3) is 6.79. The summed E-state index contributed by atoms with van der Waals surface area (Å²) in [6.45, 7) is 5.30. The van der Waals surface area contributed by atoms with Crippen LogP contribution < -0.4 is 16.0 Å². The number of aromatic nitrogens is 2. The first-order chi connectivity index (χ1) is 18.0. The second-order valence-corrected chi connectivity index (χ2v) is 9.20. The van der Waals surface area contributed by atoms with Gasteiger partial charge in [0.25, 0.3) is 11.8 Å². The van der Waals surface area contributed by atoms with E-state index in [1.165, 1.54) is 23.4 Å². The third-order valence-corrected chi connectivity index (χ3v) is 5.99. The van der Waals surface area contributed by atoms with Crippen molar-refractivity contribution in [2.45, 2.75) is 12.8 Å². The van der Waals surface area contributed by atoms with Crippen molar-refractivity contribution in [2.24, 2.45) is 11.8 Å². The van der Waals surface area contributed by atoms with Crippen molar-refractivity contribution in [1.82, 2.24) is 30.4 Å². The van der Waals surface area contributed by atoms with Gasteiger partial charge in [0, 0.05) is 49.9 Å². The summed E-state index contributed by atoms with van der Waals surface area (Å²) < 4.78 is 32.3. The van der Waals surface area contributed by atoms with Gasteiger partial charge in [-0.05, 0) is 32.3 Å². The predicted molar refractivity (Wildman–Crippen MR) is 139 cm³/mol. The van der Waals surface area contributed by atoms with E-state index in [2.05, 4.69) is 32.5 Å². The van der Waals surface area contributed by atoms with Gasteiger partial charge < -0.3 is 25.3 Å². The van der Waals surface area contributed by atoms with Gasteiger partial charge in [-0.3, -0.25) is 19.9 Å². The van der Waals surface area contributed by atoms with Crippen molar-refractivity contribution in [1.29, 1.82) is 5.41 Å². The van der Waals surface area contributed by atoms with E-state index >= 15 is 0 Å². The zero-order valence-electron chi connectivity index (χ0n) is 21.7. The highest BCUT2D eigenvalue weighted by Crippen LogP contribution is 2.26. The van der Waals surface area contributed by atoms with Crippen LogP contribution in [0.2, 0.25) is 0 Å². The van der Waals surface area contributed by atoms with Gasteiger partial charge in [-0.25, -0.2) is 18.7 Å². The Bertz CT molecular complexity index is 1230. The standard InChI is InChI=1S/C25H32F2N8O3/c1-6-25(26,27)14-31-20-9-16(7-8-30-20)23-33-19(13-38-23)22(36)32-18(10-29-3)21(28)35-12-17(11-34(4)5)15(2)24(35)37/h6-10,13,15,17,28-29H,1,11-12,14H2,2-5H3,(H,30,31)(H,32,36)/b18-10+,28-21?/t15-,17?/m0/s1. The van der Waals surface area contributed by atoms with E-state index < -0.39 is 18.4 Å². The Morgan fingerprint density at radius 2 is 2.16 bits per heavy atom. The first-order valence-electron chi connectivity index (χ1n) is 11.9. The number of alkyl halides is 2. The molecule has 0 spiro atoms. The summed E-state index contributed by atoms with van der Waals surface area (Å²) >= 11 is 0. The number of halogens is 2. The Balaban J connectivity index is 1.71. The minimum Gasteiger partial charge on any atom is -0.444 e. The number of amides is 2. The molecule has 1 aliphatic rings. The van der Waals surface area contributed by atoms with Crippen LogP contribution in [-0.2, 0) is 4.79 Å². The zero-order chi connectivity index (χ0) is 28.0. The highest BCUT2D eigenvalue weighted by molar-refractivity contribution is 6.10. The Labute approximate surface area is 219 Å². The summed E-state index contributed by atoms with van der Waals surface area (Å²) in [6.07, 6.45) is 4.49. The number of oxazole rings is 1. The number of anilines is 1. The van der Waals surface area contributed by atoms with Gasteiger partial charge in [0.2, 0.25) is 11.8 Å². The van der Waals surface area contributed by atoms with Crippen molar-refractivity contribution >= 4 is 23.5 Å². The molecule has 0 bridgehead atoms. The minimum atomic E-state index is -3.11. The molecule has 2 aromatic heterocycles. The minimum absolute atomic E-state index is 0.0465. The van der Waals surface area contributed by atoms with E-state index in [0.29, 0.717) is 24.7 Å². The number of carbonyl (C=O) groups excluding carboxylic acids is 2. The van der Waals surface area contributed by atoms with Crippen LogP contribution in [0.1, 0.15) is 17.4 Å². The van der Waals surface area contributed by atoms with Gasteiger partial charge in [0.1, 0.15) is 12.1 Å². The van der Waals surface area contributed by atoms with Gasteiger partial charge in [0.15, 0.2) is 11.5 Å².